The highest BCUT2D eigenvalue weighted by molar-refractivity contribution is 7.18. The number of hydrogen-bond acceptors (Lipinski definition) is 5. The molecule has 3 aromatic rings. The van der Waals surface area contributed by atoms with Crippen LogP contribution in [0.25, 0.3) is 10.2 Å². The summed E-state index contributed by atoms with van der Waals surface area (Å²) in [6.07, 6.45) is 6.40. The zero-order valence-corrected chi connectivity index (χ0v) is 11.5. The maximum absolute atomic E-state index is 4.33. The minimum Gasteiger partial charge on any atom is -0.368 e. The first-order valence-corrected chi connectivity index (χ1v) is 7.13. The number of nitrogens with zero attached hydrogens (tertiary/aromatic N) is 4. The van der Waals surface area contributed by atoms with Crippen molar-refractivity contribution in [2.24, 2.45) is 0 Å². The highest BCUT2D eigenvalue weighted by Gasteiger charge is 2.07. The van der Waals surface area contributed by atoms with E-state index in [1.807, 2.05) is 16.9 Å². The van der Waals surface area contributed by atoms with Crippen LogP contribution in [0, 0.1) is 0 Å². The Labute approximate surface area is 115 Å². The van der Waals surface area contributed by atoms with Crippen LogP contribution in [0.1, 0.15) is 11.8 Å². The third-order valence-corrected chi connectivity index (χ3v) is 4.11. The summed E-state index contributed by atoms with van der Waals surface area (Å²) in [6, 6.07) is 4.10. The van der Waals surface area contributed by atoms with Gasteiger partial charge in [0.05, 0.1) is 11.9 Å². The lowest BCUT2D eigenvalue weighted by Gasteiger charge is -2.06. The quantitative estimate of drug-likeness (QED) is 0.776. The van der Waals surface area contributed by atoms with Crippen LogP contribution in [0.15, 0.2) is 30.9 Å². The second-order valence-electron chi connectivity index (χ2n) is 4.20. The van der Waals surface area contributed by atoms with Crippen LogP contribution in [0.4, 0.5) is 5.82 Å². The molecular formula is C13H15N5S. The van der Waals surface area contributed by atoms with Crippen molar-refractivity contribution in [2.45, 2.75) is 19.9 Å². The van der Waals surface area contributed by atoms with Gasteiger partial charge in [0.2, 0.25) is 0 Å². The Kier molecular flexibility index (Phi) is 3.41. The number of aryl methyl sites for hydroxylation is 1. The lowest BCUT2D eigenvalue weighted by molar-refractivity contribution is 0.637. The van der Waals surface area contributed by atoms with Crippen molar-refractivity contribution in [3.8, 4) is 0 Å². The largest absolute Gasteiger partial charge is 0.368 e. The van der Waals surface area contributed by atoms with Gasteiger partial charge in [-0.3, -0.25) is 4.68 Å². The smallest absolute Gasteiger partial charge is 0.138 e. The average Bonchev–Trinajstić information content (AvgIpc) is 3.07. The predicted octanol–water partition coefficient (Wildman–Crippen LogP) is 2.56. The summed E-state index contributed by atoms with van der Waals surface area (Å²) in [4.78, 5) is 11.0. The molecular weight excluding hydrogens is 258 g/mol. The summed E-state index contributed by atoms with van der Waals surface area (Å²) >= 11 is 1.73. The van der Waals surface area contributed by atoms with Crippen molar-refractivity contribution in [1.82, 2.24) is 19.7 Å². The average molecular weight is 273 g/mol. The number of thiophene rings is 1. The van der Waals surface area contributed by atoms with Crippen LogP contribution in [-0.2, 0) is 13.0 Å². The van der Waals surface area contributed by atoms with E-state index >= 15 is 0 Å². The first kappa shape index (κ1) is 12.1. The molecule has 3 aromatic heterocycles. The molecule has 5 nitrogen and oxygen atoms in total. The SMILES string of the molecule is CCc1cc2c(NCCn3cccn3)ncnc2s1. The number of anilines is 1. The molecule has 1 N–H and O–H groups in total. The standard InChI is InChI=1S/C13H15N5S/c1-2-10-8-11-12(15-9-16-13(11)19-10)14-5-7-18-6-3-4-17-18/h3-4,6,8-9H,2,5,7H2,1H3,(H,14,15,16). The number of nitrogens with one attached hydrogen (secondary N) is 1. The Bertz CT molecular complexity index is 659. The van der Waals surface area contributed by atoms with Gasteiger partial charge in [-0.15, -0.1) is 11.3 Å². The van der Waals surface area contributed by atoms with Crippen molar-refractivity contribution >= 4 is 27.4 Å². The highest BCUT2D eigenvalue weighted by atomic mass is 32.1. The second kappa shape index (κ2) is 5.36. The van der Waals surface area contributed by atoms with Crippen molar-refractivity contribution in [3.05, 3.63) is 35.7 Å². The van der Waals surface area contributed by atoms with Gasteiger partial charge in [0.25, 0.3) is 0 Å². The molecule has 19 heavy (non-hydrogen) atoms. The fraction of sp³-hybridized carbons (Fsp3) is 0.308. The fourth-order valence-corrected chi connectivity index (χ4v) is 2.88. The van der Waals surface area contributed by atoms with Crippen molar-refractivity contribution < 1.29 is 0 Å². The van der Waals surface area contributed by atoms with E-state index in [0.717, 1.165) is 35.5 Å². The Morgan fingerprint density at radius 3 is 3.11 bits per heavy atom. The van der Waals surface area contributed by atoms with Gasteiger partial charge in [-0.1, -0.05) is 6.92 Å². The lowest BCUT2D eigenvalue weighted by atomic mass is 10.3. The monoisotopic (exact) mass is 273 g/mol. The van der Waals surface area contributed by atoms with E-state index in [1.165, 1.54) is 4.88 Å². The van der Waals surface area contributed by atoms with Crippen LogP contribution in [0.3, 0.4) is 0 Å². The number of aromatic nitrogens is 4. The number of fused-ring (bicyclic) bond motifs is 1. The summed E-state index contributed by atoms with van der Waals surface area (Å²) in [6.45, 7) is 3.78. The summed E-state index contributed by atoms with van der Waals surface area (Å²) in [7, 11) is 0. The molecule has 0 spiro atoms. The minimum absolute atomic E-state index is 0.797. The van der Waals surface area contributed by atoms with Crippen molar-refractivity contribution in [1.29, 1.82) is 0 Å². The minimum atomic E-state index is 0.797. The van der Waals surface area contributed by atoms with E-state index in [9.17, 15) is 0 Å². The van der Waals surface area contributed by atoms with E-state index < -0.39 is 0 Å². The highest BCUT2D eigenvalue weighted by Crippen LogP contribution is 2.28. The second-order valence-corrected chi connectivity index (χ2v) is 5.32. The van der Waals surface area contributed by atoms with Crippen LogP contribution >= 0.6 is 11.3 Å². The number of hydrogen-bond donors (Lipinski definition) is 1. The van der Waals surface area contributed by atoms with E-state index in [0.29, 0.717) is 0 Å². The molecule has 6 heteroatoms. The van der Waals surface area contributed by atoms with E-state index in [2.05, 4.69) is 33.4 Å². The third-order valence-electron chi connectivity index (χ3n) is 2.92. The summed E-state index contributed by atoms with van der Waals surface area (Å²) < 4.78 is 1.90. The zero-order chi connectivity index (χ0) is 13.1. The Morgan fingerprint density at radius 1 is 1.37 bits per heavy atom. The molecule has 0 saturated heterocycles. The van der Waals surface area contributed by atoms with Crippen LogP contribution in [-0.4, -0.2) is 26.3 Å². The molecule has 98 valence electrons. The van der Waals surface area contributed by atoms with Gasteiger partial charge in [-0.2, -0.15) is 5.10 Å². The maximum Gasteiger partial charge on any atom is 0.138 e. The van der Waals surface area contributed by atoms with E-state index in [1.54, 1.807) is 23.9 Å². The van der Waals surface area contributed by atoms with Gasteiger partial charge in [-0.25, -0.2) is 9.97 Å². The molecule has 0 aromatic carbocycles. The van der Waals surface area contributed by atoms with Crippen LogP contribution < -0.4 is 5.32 Å². The lowest BCUT2D eigenvalue weighted by Crippen LogP contribution is -2.11. The van der Waals surface area contributed by atoms with Crippen molar-refractivity contribution in [2.75, 3.05) is 11.9 Å². The normalized spacial score (nSPS) is 11.0. The van der Waals surface area contributed by atoms with E-state index in [4.69, 9.17) is 0 Å². The van der Waals surface area contributed by atoms with Gasteiger partial charge in [0, 0.05) is 23.8 Å². The van der Waals surface area contributed by atoms with Gasteiger partial charge in [0.15, 0.2) is 0 Å². The molecule has 0 atom stereocenters. The zero-order valence-electron chi connectivity index (χ0n) is 10.7. The summed E-state index contributed by atoms with van der Waals surface area (Å²) in [5, 5.41) is 8.65. The molecule has 0 unspecified atom stereocenters. The molecule has 0 bridgehead atoms. The van der Waals surface area contributed by atoms with Crippen LogP contribution in [0.5, 0.6) is 0 Å². The fourth-order valence-electron chi connectivity index (χ4n) is 1.94. The van der Waals surface area contributed by atoms with Gasteiger partial charge in [0.1, 0.15) is 17.0 Å². The molecule has 0 amide bonds. The number of rotatable bonds is 5. The molecule has 0 aliphatic carbocycles. The molecule has 0 fully saturated rings. The molecule has 0 aliphatic heterocycles. The topological polar surface area (TPSA) is 55.6 Å². The molecule has 3 rings (SSSR count). The third kappa shape index (κ3) is 2.58. The van der Waals surface area contributed by atoms with Crippen LogP contribution in [0.2, 0.25) is 0 Å². The first-order chi connectivity index (χ1) is 9.36. The van der Waals surface area contributed by atoms with Gasteiger partial charge >= 0.3 is 0 Å². The van der Waals surface area contributed by atoms with Gasteiger partial charge in [-0.05, 0) is 18.6 Å². The van der Waals surface area contributed by atoms with E-state index in [-0.39, 0.29) is 0 Å². The summed E-state index contributed by atoms with van der Waals surface area (Å²) in [5.74, 6) is 0.910. The predicted molar refractivity (Wildman–Crippen MR) is 77.5 cm³/mol. The van der Waals surface area contributed by atoms with Gasteiger partial charge < -0.3 is 5.32 Å². The Morgan fingerprint density at radius 2 is 2.32 bits per heavy atom. The molecule has 0 radical (unpaired) electrons. The first-order valence-electron chi connectivity index (χ1n) is 6.31. The Balaban J connectivity index is 1.75. The molecule has 0 aliphatic rings. The Hall–Kier alpha value is -1.95. The molecule has 0 saturated carbocycles. The maximum atomic E-state index is 4.33. The van der Waals surface area contributed by atoms with Crippen molar-refractivity contribution in [3.63, 3.8) is 0 Å². The summed E-state index contributed by atoms with van der Waals surface area (Å²) in [5.41, 5.74) is 0. The molecule has 3 heterocycles.